The van der Waals surface area contributed by atoms with E-state index in [1.807, 2.05) is 24.3 Å². The molecular weight excluding hydrogens is 922 g/mol. The molecule has 4 heterocycles. The highest BCUT2D eigenvalue weighted by molar-refractivity contribution is 7.00. The standard InChI is InChI=1S/C70H46BN5/c1-4-20-49(21-5-1)60-46-61(73-70(72-60)50-22-6-2-7-23-50)52-42-43-64(76-62-32-14-10-28-55(62)56-29-11-15-33-63(56)76)57(45-52)48-40-38-47(39-41-48)51-24-18-27-54(44-51)75-66-35-17-13-31-59(66)71-58-30-12-16-34-65(58)74(53-25-8-3-9-26-53)67-36-19-37-68(75)69(67)71/h1-46H. The van der Waals surface area contributed by atoms with Gasteiger partial charge in [-0.2, -0.15) is 0 Å². The van der Waals surface area contributed by atoms with E-state index in [0.29, 0.717) is 5.82 Å². The van der Waals surface area contributed by atoms with Crippen molar-refractivity contribution in [1.82, 2.24) is 14.5 Å². The first-order valence-corrected chi connectivity index (χ1v) is 26.0. The lowest BCUT2D eigenvalue weighted by molar-refractivity contribution is 1.17. The van der Waals surface area contributed by atoms with Crippen LogP contribution in [-0.2, 0) is 0 Å². The Balaban J connectivity index is 0.865. The number of aromatic nitrogens is 3. The normalized spacial score (nSPS) is 12.4. The molecule has 0 spiro atoms. The molecule has 2 aliphatic heterocycles. The van der Waals surface area contributed by atoms with Crippen LogP contribution in [0.15, 0.2) is 279 Å². The molecule has 0 atom stereocenters. The van der Waals surface area contributed by atoms with Crippen molar-refractivity contribution >= 4 is 79.0 Å². The first-order chi connectivity index (χ1) is 37.7. The zero-order valence-electron chi connectivity index (χ0n) is 41.4. The molecule has 0 saturated carbocycles. The Kier molecular flexibility index (Phi) is 10.2. The Hall–Kier alpha value is -10.0. The number of benzene rings is 11. The fraction of sp³-hybridized carbons (Fsp3) is 0. The third-order valence-electron chi connectivity index (χ3n) is 15.4. The Morgan fingerprint density at radius 3 is 1.42 bits per heavy atom. The molecule has 13 aromatic rings. The third-order valence-corrected chi connectivity index (χ3v) is 15.4. The van der Waals surface area contributed by atoms with Crippen molar-refractivity contribution in [3.8, 4) is 61.8 Å². The monoisotopic (exact) mass is 967 g/mol. The highest BCUT2D eigenvalue weighted by atomic mass is 15.2. The summed E-state index contributed by atoms with van der Waals surface area (Å²) in [4.78, 5) is 15.3. The van der Waals surface area contributed by atoms with Gasteiger partial charge in [0.25, 0.3) is 6.71 Å². The van der Waals surface area contributed by atoms with Gasteiger partial charge in [-0.05, 0) is 112 Å². The highest BCUT2D eigenvalue weighted by Gasteiger charge is 2.42. The summed E-state index contributed by atoms with van der Waals surface area (Å²) < 4.78 is 2.42. The van der Waals surface area contributed by atoms with Gasteiger partial charge in [0.2, 0.25) is 0 Å². The van der Waals surface area contributed by atoms with E-state index in [0.717, 1.165) is 78.4 Å². The van der Waals surface area contributed by atoms with Crippen LogP contribution in [0.25, 0.3) is 83.6 Å². The minimum atomic E-state index is 0.0858. The van der Waals surface area contributed by atoms with Crippen molar-refractivity contribution in [2.24, 2.45) is 0 Å². The molecule has 0 unspecified atom stereocenters. The molecule has 0 fully saturated rings. The second-order valence-electron chi connectivity index (χ2n) is 19.7. The summed E-state index contributed by atoms with van der Waals surface area (Å²) in [7, 11) is 0. The maximum Gasteiger partial charge on any atom is 0.252 e. The van der Waals surface area contributed by atoms with Crippen LogP contribution < -0.4 is 26.2 Å². The fourth-order valence-corrected chi connectivity index (χ4v) is 12.0. The van der Waals surface area contributed by atoms with E-state index in [1.165, 1.54) is 49.9 Å². The second kappa shape index (κ2) is 17.9. The van der Waals surface area contributed by atoms with Gasteiger partial charge in [-0.25, -0.2) is 9.97 Å². The Bertz CT molecular complexity index is 4250. The Labute approximate surface area is 442 Å². The van der Waals surface area contributed by atoms with Gasteiger partial charge in [0.05, 0.1) is 28.1 Å². The zero-order chi connectivity index (χ0) is 50.1. The SMILES string of the molecule is c1ccc(-c2cc(-c3ccc(-n4c5ccccc5c5ccccc54)c(-c4ccc(-c5cccc(N6c7ccccc7B7c8ccccc8N(c8ccccc8)c8cccc6c87)c5)cc4)c3)nc(-c3ccccc3)n2)cc1. The van der Waals surface area contributed by atoms with Crippen LogP contribution in [0.2, 0.25) is 0 Å². The van der Waals surface area contributed by atoms with Crippen molar-refractivity contribution in [3.63, 3.8) is 0 Å². The second-order valence-corrected chi connectivity index (χ2v) is 19.7. The van der Waals surface area contributed by atoms with Crippen LogP contribution in [0, 0.1) is 0 Å². The topological polar surface area (TPSA) is 37.2 Å². The summed E-state index contributed by atoms with van der Waals surface area (Å²) >= 11 is 0. The molecule has 0 bridgehead atoms. The number of fused-ring (bicyclic) bond motifs is 7. The number of para-hydroxylation sites is 5. The predicted molar refractivity (Wildman–Crippen MR) is 318 cm³/mol. The lowest BCUT2D eigenvalue weighted by Gasteiger charge is -2.44. The maximum absolute atomic E-state index is 5.28. The molecule has 6 heteroatoms. The van der Waals surface area contributed by atoms with Gasteiger partial charge in [-0.1, -0.05) is 200 Å². The molecule has 0 saturated heterocycles. The lowest BCUT2D eigenvalue weighted by Crippen LogP contribution is -2.61. The average molecular weight is 968 g/mol. The molecule has 354 valence electrons. The first kappa shape index (κ1) is 43.5. The molecule has 0 aliphatic carbocycles. The van der Waals surface area contributed by atoms with Crippen molar-refractivity contribution in [1.29, 1.82) is 0 Å². The van der Waals surface area contributed by atoms with E-state index in [2.05, 4.69) is 269 Å². The molecule has 2 aliphatic rings. The fourth-order valence-electron chi connectivity index (χ4n) is 12.0. The molecule has 0 N–H and O–H groups in total. The third kappa shape index (κ3) is 7.10. The quantitative estimate of drug-likeness (QED) is 0.142. The largest absolute Gasteiger partial charge is 0.311 e. The molecule has 11 aromatic carbocycles. The van der Waals surface area contributed by atoms with Gasteiger partial charge in [0.15, 0.2) is 5.82 Å². The number of rotatable bonds is 8. The number of anilines is 6. The number of nitrogens with zero attached hydrogens (tertiary/aromatic N) is 5. The summed E-state index contributed by atoms with van der Waals surface area (Å²) in [5.74, 6) is 0.691. The van der Waals surface area contributed by atoms with Gasteiger partial charge in [-0.15, -0.1) is 0 Å². The van der Waals surface area contributed by atoms with Gasteiger partial charge in [-0.3, -0.25) is 0 Å². The molecule has 15 rings (SSSR count). The lowest BCUT2D eigenvalue weighted by atomic mass is 9.33. The summed E-state index contributed by atoms with van der Waals surface area (Å²) in [5, 5.41) is 2.45. The van der Waals surface area contributed by atoms with E-state index in [4.69, 9.17) is 9.97 Å². The molecular formula is C70H46BN5. The minimum absolute atomic E-state index is 0.0858. The first-order valence-electron chi connectivity index (χ1n) is 26.0. The summed E-state index contributed by atoms with van der Waals surface area (Å²) in [6.07, 6.45) is 0. The van der Waals surface area contributed by atoms with Crippen molar-refractivity contribution in [2.75, 3.05) is 9.80 Å². The maximum atomic E-state index is 5.28. The summed E-state index contributed by atoms with van der Waals surface area (Å²) in [6.45, 7) is 0.0858. The van der Waals surface area contributed by atoms with Crippen LogP contribution in [0.1, 0.15) is 0 Å². The van der Waals surface area contributed by atoms with Gasteiger partial charge < -0.3 is 14.4 Å². The smallest absolute Gasteiger partial charge is 0.252 e. The van der Waals surface area contributed by atoms with E-state index in [-0.39, 0.29) is 6.71 Å². The Morgan fingerprint density at radius 1 is 0.289 bits per heavy atom. The number of hydrogen-bond donors (Lipinski definition) is 0. The van der Waals surface area contributed by atoms with Gasteiger partial charge >= 0.3 is 0 Å². The van der Waals surface area contributed by atoms with Crippen molar-refractivity contribution in [2.45, 2.75) is 0 Å². The average Bonchev–Trinajstić information content (AvgIpc) is 3.88. The molecule has 0 radical (unpaired) electrons. The summed E-state index contributed by atoms with van der Waals surface area (Å²) in [6, 6.07) is 101. The van der Waals surface area contributed by atoms with Crippen LogP contribution in [0.4, 0.5) is 34.1 Å². The van der Waals surface area contributed by atoms with Crippen LogP contribution in [-0.4, -0.2) is 21.2 Å². The number of hydrogen-bond acceptors (Lipinski definition) is 4. The highest BCUT2D eigenvalue weighted by Crippen LogP contribution is 2.45. The van der Waals surface area contributed by atoms with E-state index in [9.17, 15) is 0 Å². The molecule has 76 heavy (non-hydrogen) atoms. The molecule has 5 nitrogen and oxygen atoms in total. The van der Waals surface area contributed by atoms with Crippen LogP contribution >= 0.6 is 0 Å². The van der Waals surface area contributed by atoms with E-state index >= 15 is 0 Å². The van der Waals surface area contributed by atoms with Gasteiger partial charge in [0.1, 0.15) is 0 Å². The summed E-state index contributed by atoms with van der Waals surface area (Å²) in [5.41, 5.74) is 23.7. The zero-order valence-corrected chi connectivity index (χ0v) is 41.4. The minimum Gasteiger partial charge on any atom is -0.311 e. The van der Waals surface area contributed by atoms with E-state index in [1.54, 1.807) is 0 Å². The van der Waals surface area contributed by atoms with Crippen LogP contribution in [0.5, 0.6) is 0 Å². The van der Waals surface area contributed by atoms with Gasteiger partial charge in [0, 0.05) is 67.2 Å². The predicted octanol–water partition coefficient (Wildman–Crippen LogP) is 16.0. The Morgan fingerprint density at radius 2 is 0.763 bits per heavy atom. The van der Waals surface area contributed by atoms with Crippen LogP contribution in [0.3, 0.4) is 0 Å². The van der Waals surface area contributed by atoms with E-state index < -0.39 is 0 Å². The van der Waals surface area contributed by atoms with Crippen molar-refractivity contribution in [3.05, 3.63) is 279 Å². The molecule has 0 amide bonds. The molecule has 2 aromatic heterocycles. The van der Waals surface area contributed by atoms with Crippen molar-refractivity contribution < 1.29 is 0 Å².